The van der Waals surface area contributed by atoms with Crippen LogP contribution < -0.4 is 31.6 Å². The number of piperidine rings is 8. The number of ether oxygens (including phenoxy) is 6. The summed E-state index contributed by atoms with van der Waals surface area (Å²) in [5, 5.41) is 6.80. The molecule has 8 heterocycles. The summed E-state index contributed by atoms with van der Waals surface area (Å²) in [7, 11) is 6.35. The average Bonchev–Trinajstić information content (AvgIpc) is 3.41. The highest BCUT2D eigenvalue weighted by Crippen LogP contribution is 2.33. The lowest BCUT2D eigenvalue weighted by molar-refractivity contribution is -0.159. The van der Waals surface area contributed by atoms with Gasteiger partial charge in [0, 0.05) is 78.5 Å². The number of nitrogen functional groups attached to an aromatic ring is 2. The second-order valence-corrected chi connectivity index (χ2v) is 21.8. The predicted molar refractivity (Wildman–Crippen MR) is 301 cm³/mol. The van der Waals surface area contributed by atoms with Crippen molar-refractivity contribution in [3.63, 3.8) is 0 Å². The molecule has 8 aliphatic heterocycles. The maximum Gasteiger partial charge on any atom is 0.306 e. The van der Waals surface area contributed by atoms with E-state index in [9.17, 15) is 19.2 Å². The van der Waals surface area contributed by atoms with Crippen LogP contribution in [0.1, 0.15) is 111 Å². The largest absolute Gasteiger partial charge is 0.496 e. The highest BCUT2D eigenvalue weighted by Gasteiger charge is 2.38. The van der Waals surface area contributed by atoms with Crippen LogP contribution in [0.3, 0.4) is 0 Å². The SMILES string of the molecule is COc1cc(N)c(Cl)cc1C(=O)NC1CCN(CCCCCC(=O)O[C@H]2CN3CCC2CC3)CC1OC.COc1cc(N)c(Cl)cc1C(=O)NC1CCN(CCCCCC(=O)O[C@H]2CN3CCC2CC3)CC1OC.Cl.Cl. The van der Waals surface area contributed by atoms with Gasteiger partial charge in [-0.25, -0.2) is 0 Å². The van der Waals surface area contributed by atoms with Crippen molar-refractivity contribution in [3.8, 4) is 11.5 Å². The topological polar surface area (TPSA) is 213 Å². The molecule has 2 aromatic carbocycles. The number of halogens is 4. The zero-order valence-corrected chi connectivity index (χ0v) is 48.1. The van der Waals surface area contributed by atoms with Gasteiger partial charge in [0.25, 0.3) is 11.8 Å². The molecule has 2 amide bonds. The molecule has 2 aromatic rings. The molecule has 22 heteroatoms. The molecule has 8 fully saturated rings. The number of nitrogens with one attached hydrogen (secondary N) is 2. The Balaban J connectivity index is 0.000000274. The Morgan fingerprint density at radius 2 is 0.908 bits per heavy atom. The second kappa shape index (κ2) is 31.3. The smallest absolute Gasteiger partial charge is 0.306 e. The molecular weight excluding hydrogens is 1060 g/mol. The van der Waals surface area contributed by atoms with Crippen LogP contribution in [0.25, 0.3) is 0 Å². The molecule has 4 bridgehead atoms. The van der Waals surface area contributed by atoms with Crippen LogP contribution >= 0.6 is 48.0 Å². The van der Waals surface area contributed by atoms with E-state index in [0.717, 1.165) is 156 Å². The zero-order valence-electron chi connectivity index (χ0n) is 44.9. The fraction of sp³-hybridized carbons (Fsp3) is 0.704. The maximum atomic E-state index is 13.0. The van der Waals surface area contributed by atoms with Crippen molar-refractivity contribution in [1.82, 2.24) is 30.2 Å². The molecule has 76 heavy (non-hydrogen) atoms. The average molecular weight is 1150 g/mol. The number of unbranched alkanes of at least 4 members (excludes halogenated alkanes) is 4. The highest BCUT2D eigenvalue weighted by atomic mass is 35.5. The van der Waals surface area contributed by atoms with Gasteiger partial charge in [-0.2, -0.15) is 0 Å². The number of hydrogen-bond donors (Lipinski definition) is 4. The van der Waals surface area contributed by atoms with E-state index in [2.05, 4.69) is 30.2 Å². The van der Waals surface area contributed by atoms with E-state index in [4.69, 9.17) is 63.1 Å². The van der Waals surface area contributed by atoms with E-state index in [1.165, 1.54) is 26.4 Å². The van der Waals surface area contributed by atoms with Crippen LogP contribution in [-0.4, -0.2) is 187 Å². The first kappa shape index (κ1) is 63.3. The van der Waals surface area contributed by atoms with E-state index in [-0.39, 0.29) is 85.1 Å². The molecule has 428 valence electrons. The molecule has 6 atom stereocenters. The minimum atomic E-state index is -0.260. The molecule has 0 radical (unpaired) electrons. The number of fused-ring (bicyclic) bond motifs is 6. The summed E-state index contributed by atoms with van der Waals surface area (Å²) in [5.74, 6) is 1.27. The van der Waals surface area contributed by atoms with Crippen LogP contribution in [-0.2, 0) is 28.5 Å². The van der Waals surface area contributed by atoms with Gasteiger partial charge in [0.15, 0.2) is 0 Å². The quantitative estimate of drug-likeness (QED) is 0.0546. The van der Waals surface area contributed by atoms with Gasteiger partial charge in [-0.05, 0) is 127 Å². The van der Waals surface area contributed by atoms with Crippen molar-refractivity contribution in [3.05, 3.63) is 45.4 Å². The predicted octanol–water partition coefficient (Wildman–Crippen LogP) is 6.74. The molecule has 4 unspecified atom stereocenters. The molecule has 8 saturated heterocycles. The summed E-state index contributed by atoms with van der Waals surface area (Å²) in [5.41, 5.74) is 13.1. The number of methoxy groups -OCH3 is 4. The van der Waals surface area contributed by atoms with Crippen molar-refractivity contribution in [2.24, 2.45) is 11.8 Å². The molecule has 10 rings (SSSR count). The molecule has 18 nitrogen and oxygen atoms in total. The number of esters is 2. The van der Waals surface area contributed by atoms with Crippen LogP contribution in [0.4, 0.5) is 11.4 Å². The van der Waals surface area contributed by atoms with Crippen molar-refractivity contribution >= 4 is 83.1 Å². The minimum absolute atomic E-state index is 0. The van der Waals surface area contributed by atoms with E-state index in [1.807, 2.05) is 0 Å². The molecule has 8 aliphatic rings. The van der Waals surface area contributed by atoms with Gasteiger partial charge in [0.05, 0.1) is 71.1 Å². The summed E-state index contributed by atoms with van der Waals surface area (Å²) in [4.78, 5) is 60.1. The summed E-state index contributed by atoms with van der Waals surface area (Å²) < 4.78 is 33.7. The number of nitrogens with zero attached hydrogens (tertiary/aromatic N) is 4. The molecular formula is C54H84Cl4N8O10. The third kappa shape index (κ3) is 17.7. The zero-order chi connectivity index (χ0) is 52.7. The molecule has 6 N–H and O–H groups in total. The van der Waals surface area contributed by atoms with Crippen LogP contribution in [0.2, 0.25) is 10.0 Å². The number of benzene rings is 2. The Kier molecular flexibility index (Phi) is 26.0. The molecule has 0 aliphatic carbocycles. The summed E-state index contributed by atoms with van der Waals surface area (Å²) in [6.45, 7) is 11.5. The van der Waals surface area contributed by atoms with Gasteiger partial charge in [0.1, 0.15) is 23.7 Å². The first-order valence-corrected chi connectivity index (χ1v) is 27.7. The lowest BCUT2D eigenvalue weighted by atomic mass is 9.86. The number of hydrogen-bond acceptors (Lipinski definition) is 16. The van der Waals surface area contributed by atoms with Crippen LogP contribution in [0.15, 0.2) is 24.3 Å². The number of anilines is 2. The van der Waals surface area contributed by atoms with Crippen LogP contribution in [0, 0.1) is 11.8 Å². The third-order valence-corrected chi connectivity index (χ3v) is 16.8. The van der Waals surface area contributed by atoms with Gasteiger partial charge in [0.2, 0.25) is 0 Å². The normalized spacial score (nSPS) is 26.9. The standard InChI is InChI=1S/2C27H41ClN4O5.2ClH/c2*1-35-23-15-21(29)20(28)14-19(23)27(34)30-22-9-13-31(17-25(22)36-2)10-5-3-4-6-26(33)37-24-16-32-11-7-18(24)8-12-32;;/h2*14-15,18,22,24-25H,3-13,16-17,29H2,1-2H3,(H,30,34);2*1H/t2*22?,24-,25?;;/m00../s1. The van der Waals surface area contributed by atoms with Gasteiger partial charge >= 0.3 is 11.9 Å². The number of carbonyl (C=O) groups excluding carboxylic acids is 4. The lowest BCUT2D eigenvalue weighted by Gasteiger charge is -2.43. The molecule has 0 spiro atoms. The van der Waals surface area contributed by atoms with Gasteiger partial charge in [-0.15, -0.1) is 24.8 Å². The Hall–Kier alpha value is -3.56. The van der Waals surface area contributed by atoms with Gasteiger partial charge in [-0.1, -0.05) is 36.0 Å². The number of carbonyl (C=O) groups is 4. The first-order valence-electron chi connectivity index (χ1n) is 27.0. The minimum Gasteiger partial charge on any atom is -0.496 e. The van der Waals surface area contributed by atoms with Gasteiger partial charge in [-0.3, -0.25) is 29.0 Å². The van der Waals surface area contributed by atoms with Crippen molar-refractivity contribution in [2.75, 3.05) is 118 Å². The summed E-state index contributed by atoms with van der Waals surface area (Å²) in [6.07, 6.45) is 12.8. The van der Waals surface area contributed by atoms with E-state index < -0.39 is 0 Å². The molecule has 0 aromatic heterocycles. The third-order valence-electron chi connectivity index (χ3n) is 16.1. The first-order chi connectivity index (χ1) is 35.7. The molecule has 0 saturated carbocycles. The van der Waals surface area contributed by atoms with Gasteiger partial charge < -0.3 is 60.3 Å². The summed E-state index contributed by atoms with van der Waals surface area (Å²) in [6, 6.07) is 5.96. The second-order valence-electron chi connectivity index (χ2n) is 21.0. The Morgan fingerprint density at radius 3 is 1.24 bits per heavy atom. The van der Waals surface area contributed by atoms with Crippen molar-refractivity contribution in [1.29, 1.82) is 0 Å². The Labute approximate surface area is 472 Å². The highest BCUT2D eigenvalue weighted by molar-refractivity contribution is 6.34. The number of likely N-dealkylation sites (tertiary alicyclic amines) is 2. The number of nitrogens with two attached hydrogens (primary N) is 2. The number of rotatable bonds is 22. The van der Waals surface area contributed by atoms with E-state index >= 15 is 0 Å². The summed E-state index contributed by atoms with van der Waals surface area (Å²) >= 11 is 12.3. The van der Waals surface area contributed by atoms with Crippen molar-refractivity contribution < 1.29 is 47.6 Å². The Bertz CT molecular complexity index is 2040. The monoisotopic (exact) mass is 1140 g/mol. The lowest BCUT2D eigenvalue weighted by Crippen LogP contribution is -2.54. The Morgan fingerprint density at radius 1 is 0.526 bits per heavy atom. The van der Waals surface area contributed by atoms with Crippen LogP contribution in [0.5, 0.6) is 11.5 Å². The fourth-order valence-electron chi connectivity index (χ4n) is 11.6. The van der Waals surface area contributed by atoms with E-state index in [0.29, 0.717) is 68.7 Å². The van der Waals surface area contributed by atoms with Crippen molar-refractivity contribution in [2.45, 2.75) is 126 Å². The fourth-order valence-corrected chi connectivity index (χ4v) is 11.9. The maximum absolute atomic E-state index is 13.0. The number of amides is 2. The van der Waals surface area contributed by atoms with E-state index in [1.54, 1.807) is 26.4 Å².